The Kier molecular flexibility index (Phi) is 4.08. The second-order valence-electron chi connectivity index (χ2n) is 3.71. The monoisotopic (exact) mass is 357 g/mol. The first-order valence-corrected chi connectivity index (χ1v) is 6.09. The Morgan fingerprint density at radius 2 is 1.81 bits per heavy atom. The standard InChI is InChI=1S/C11H5BrFN3O5/c12-6-3-9(16(19)20)11(14-5-6)21-10-4-7(13)1-2-8(10)15(17)18/h1-5H. The quantitative estimate of drug-likeness (QED) is 0.610. The fourth-order valence-corrected chi connectivity index (χ4v) is 1.77. The van der Waals surface area contributed by atoms with Crippen molar-refractivity contribution in [3.8, 4) is 11.6 Å². The van der Waals surface area contributed by atoms with Crippen LogP contribution in [0.25, 0.3) is 0 Å². The van der Waals surface area contributed by atoms with Crippen LogP contribution >= 0.6 is 15.9 Å². The number of ether oxygens (including phenoxy) is 1. The predicted octanol–water partition coefficient (Wildman–Crippen LogP) is 3.59. The summed E-state index contributed by atoms with van der Waals surface area (Å²) in [6.07, 6.45) is 1.22. The SMILES string of the molecule is O=[N+]([O-])c1ccc(F)cc1Oc1ncc(Br)cc1[N+](=O)[O-]. The number of pyridine rings is 1. The second-order valence-corrected chi connectivity index (χ2v) is 4.62. The van der Waals surface area contributed by atoms with Crippen molar-refractivity contribution >= 4 is 27.3 Å². The molecule has 2 rings (SSSR count). The Morgan fingerprint density at radius 3 is 2.43 bits per heavy atom. The van der Waals surface area contributed by atoms with Gasteiger partial charge in [0, 0.05) is 28.9 Å². The maximum atomic E-state index is 13.2. The van der Waals surface area contributed by atoms with Crippen molar-refractivity contribution in [3.05, 3.63) is 61.0 Å². The van der Waals surface area contributed by atoms with Crippen molar-refractivity contribution in [2.24, 2.45) is 0 Å². The van der Waals surface area contributed by atoms with E-state index in [0.717, 1.165) is 24.3 Å². The molecule has 1 aromatic carbocycles. The number of aromatic nitrogens is 1. The van der Waals surface area contributed by atoms with Gasteiger partial charge in [0.05, 0.1) is 9.85 Å². The van der Waals surface area contributed by atoms with E-state index in [0.29, 0.717) is 4.47 Å². The molecule has 0 atom stereocenters. The normalized spacial score (nSPS) is 10.2. The molecular formula is C11H5BrFN3O5. The summed E-state index contributed by atoms with van der Waals surface area (Å²) in [4.78, 5) is 23.9. The van der Waals surface area contributed by atoms with Crippen molar-refractivity contribution < 1.29 is 19.0 Å². The van der Waals surface area contributed by atoms with E-state index in [1.165, 1.54) is 6.20 Å². The molecule has 0 spiro atoms. The van der Waals surface area contributed by atoms with Crippen LogP contribution in [0.3, 0.4) is 0 Å². The lowest BCUT2D eigenvalue weighted by Crippen LogP contribution is -1.99. The third-order valence-corrected chi connectivity index (χ3v) is 2.75. The molecular weight excluding hydrogens is 353 g/mol. The molecule has 21 heavy (non-hydrogen) atoms. The van der Waals surface area contributed by atoms with Crippen molar-refractivity contribution in [3.63, 3.8) is 0 Å². The summed E-state index contributed by atoms with van der Waals surface area (Å²) in [6, 6.07) is 3.66. The summed E-state index contributed by atoms with van der Waals surface area (Å²) in [7, 11) is 0. The second kappa shape index (κ2) is 5.79. The van der Waals surface area contributed by atoms with Gasteiger partial charge < -0.3 is 4.74 Å². The minimum atomic E-state index is -0.792. The number of rotatable bonds is 4. The van der Waals surface area contributed by atoms with Crippen LogP contribution in [0.1, 0.15) is 0 Å². The Morgan fingerprint density at radius 1 is 1.14 bits per heavy atom. The molecule has 0 aliphatic rings. The minimum absolute atomic E-state index is 0.329. The van der Waals surface area contributed by atoms with Gasteiger partial charge in [-0.2, -0.15) is 0 Å². The van der Waals surface area contributed by atoms with Crippen LogP contribution < -0.4 is 4.74 Å². The van der Waals surface area contributed by atoms with Gasteiger partial charge in [-0.1, -0.05) is 0 Å². The molecule has 0 bridgehead atoms. The highest BCUT2D eigenvalue weighted by molar-refractivity contribution is 9.10. The molecule has 108 valence electrons. The van der Waals surface area contributed by atoms with Gasteiger partial charge in [-0.05, 0) is 22.0 Å². The number of hydrogen-bond acceptors (Lipinski definition) is 6. The topological polar surface area (TPSA) is 108 Å². The van der Waals surface area contributed by atoms with E-state index in [1.807, 2.05) is 0 Å². The third-order valence-electron chi connectivity index (χ3n) is 2.32. The number of nitrogens with zero attached hydrogens (tertiary/aromatic N) is 3. The summed E-state index contributed by atoms with van der Waals surface area (Å²) >= 11 is 3.01. The third kappa shape index (κ3) is 3.28. The van der Waals surface area contributed by atoms with Crippen LogP contribution in [0.5, 0.6) is 11.6 Å². The molecule has 0 N–H and O–H groups in total. The van der Waals surface area contributed by atoms with Gasteiger partial charge in [0.2, 0.25) is 5.75 Å². The first-order valence-electron chi connectivity index (χ1n) is 5.30. The van der Waals surface area contributed by atoms with E-state index < -0.39 is 38.7 Å². The van der Waals surface area contributed by atoms with E-state index in [4.69, 9.17) is 4.74 Å². The first kappa shape index (κ1) is 14.8. The van der Waals surface area contributed by atoms with Crippen LogP contribution in [0.2, 0.25) is 0 Å². The van der Waals surface area contributed by atoms with Crippen molar-refractivity contribution in [2.45, 2.75) is 0 Å². The van der Waals surface area contributed by atoms with Gasteiger partial charge in [0.25, 0.3) is 5.88 Å². The van der Waals surface area contributed by atoms with Crippen LogP contribution in [-0.2, 0) is 0 Å². The number of nitro groups is 2. The van der Waals surface area contributed by atoms with Gasteiger partial charge in [-0.3, -0.25) is 20.2 Å². The number of nitro benzene ring substituents is 1. The molecule has 0 saturated heterocycles. The maximum absolute atomic E-state index is 13.2. The number of hydrogen-bond donors (Lipinski definition) is 0. The van der Waals surface area contributed by atoms with Gasteiger partial charge in [-0.15, -0.1) is 0 Å². The zero-order valence-electron chi connectivity index (χ0n) is 10.0. The molecule has 1 aromatic heterocycles. The van der Waals surface area contributed by atoms with Gasteiger partial charge in [-0.25, -0.2) is 9.37 Å². The molecule has 10 heteroatoms. The van der Waals surface area contributed by atoms with Gasteiger partial charge in [0.1, 0.15) is 5.82 Å². The lowest BCUT2D eigenvalue weighted by molar-refractivity contribution is -0.387. The Bertz CT molecular complexity index is 740. The summed E-state index contributed by atoms with van der Waals surface area (Å²) in [5, 5.41) is 21.7. The summed E-state index contributed by atoms with van der Waals surface area (Å²) in [5.41, 5.74) is -1.04. The number of halogens is 2. The van der Waals surface area contributed by atoms with E-state index in [9.17, 15) is 24.6 Å². The molecule has 0 radical (unpaired) electrons. The van der Waals surface area contributed by atoms with Crippen molar-refractivity contribution in [2.75, 3.05) is 0 Å². The highest BCUT2D eigenvalue weighted by atomic mass is 79.9. The molecule has 0 saturated carbocycles. The van der Waals surface area contributed by atoms with Crippen LogP contribution in [0.4, 0.5) is 15.8 Å². The average Bonchev–Trinajstić information content (AvgIpc) is 2.40. The van der Waals surface area contributed by atoms with Crippen LogP contribution in [-0.4, -0.2) is 14.8 Å². The maximum Gasteiger partial charge on any atom is 0.332 e. The summed E-state index contributed by atoms with van der Waals surface area (Å²) in [5.74, 6) is -1.73. The Hall–Kier alpha value is -2.62. The van der Waals surface area contributed by atoms with Crippen LogP contribution in [0.15, 0.2) is 34.9 Å². The molecule has 0 amide bonds. The molecule has 0 aliphatic carbocycles. The molecule has 8 nitrogen and oxygen atoms in total. The average molecular weight is 358 g/mol. The van der Waals surface area contributed by atoms with E-state index in [2.05, 4.69) is 20.9 Å². The first-order chi connectivity index (χ1) is 9.88. The summed E-state index contributed by atoms with van der Waals surface area (Å²) < 4.78 is 18.5. The fraction of sp³-hybridized carbons (Fsp3) is 0. The van der Waals surface area contributed by atoms with E-state index in [1.54, 1.807) is 0 Å². The van der Waals surface area contributed by atoms with E-state index >= 15 is 0 Å². The Balaban J connectivity index is 2.50. The van der Waals surface area contributed by atoms with E-state index in [-0.39, 0.29) is 0 Å². The molecule has 0 aliphatic heterocycles. The zero-order chi connectivity index (χ0) is 15.6. The smallest absolute Gasteiger partial charge is 0.332 e. The lowest BCUT2D eigenvalue weighted by Gasteiger charge is -2.06. The minimum Gasteiger partial charge on any atom is -0.426 e. The fourth-order valence-electron chi connectivity index (χ4n) is 1.45. The number of benzene rings is 1. The molecule has 1 heterocycles. The highest BCUT2D eigenvalue weighted by Crippen LogP contribution is 2.35. The largest absolute Gasteiger partial charge is 0.426 e. The predicted molar refractivity (Wildman–Crippen MR) is 71.7 cm³/mol. The molecule has 2 aromatic rings. The summed E-state index contributed by atoms with van der Waals surface area (Å²) in [6.45, 7) is 0. The molecule has 0 fully saturated rings. The van der Waals surface area contributed by atoms with Crippen molar-refractivity contribution in [1.29, 1.82) is 0 Å². The van der Waals surface area contributed by atoms with Crippen LogP contribution in [0, 0.1) is 26.0 Å². The molecule has 0 unspecified atom stereocenters. The lowest BCUT2D eigenvalue weighted by atomic mass is 10.3. The highest BCUT2D eigenvalue weighted by Gasteiger charge is 2.23. The van der Waals surface area contributed by atoms with Crippen molar-refractivity contribution in [1.82, 2.24) is 4.98 Å². The zero-order valence-corrected chi connectivity index (χ0v) is 11.6. The van der Waals surface area contributed by atoms with Gasteiger partial charge >= 0.3 is 11.4 Å². The van der Waals surface area contributed by atoms with Gasteiger partial charge in [0.15, 0.2) is 0 Å². The Labute approximate surface area is 124 Å².